The zero-order chi connectivity index (χ0) is 43.0. The number of hydrogen-bond donors (Lipinski definition) is 4. The van der Waals surface area contributed by atoms with Crippen molar-refractivity contribution in [2.24, 2.45) is 0 Å². The Bertz CT molecular complexity index is 2440. The number of hydrogen-bond acceptors (Lipinski definition) is 7. The first-order valence-electron chi connectivity index (χ1n) is 18.4. The molecule has 2 heterocycles. The van der Waals surface area contributed by atoms with Crippen LogP contribution in [-0.4, -0.2) is 36.6 Å². The summed E-state index contributed by atoms with van der Waals surface area (Å²) in [4.78, 5) is 44.9. The maximum Gasteiger partial charge on any atom is 0.524 e. The highest BCUT2D eigenvalue weighted by Crippen LogP contribution is 2.46. The first kappa shape index (κ1) is 43.0. The van der Waals surface area contributed by atoms with E-state index in [2.05, 4.69) is 9.84 Å². The number of aromatic nitrogens is 2. The number of para-hydroxylation sites is 1. The Morgan fingerprint density at radius 2 is 1.59 bits per heavy atom. The molecule has 3 amide bonds. The number of rotatable bonds is 11. The van der Waals surface area contributed by atoms with Gasteiger partial charge in [0.2, 0.25) is 0 Å². The standard InChI is InChI=1S/C41H41F5N5O7P/c1-6-25-9-8-10-26(7-2)35(25)51-36(31-21-50(40(4,5)37(31)49-51)20-27-13-14-28(17-23(27)3)41(44,45)46)30-18-33(43)34(19-32(30)42)47-38(52)48-39(53)57-22-24-11-15-29(16-12-24)58-59(54,55)56/h8-19H,6-7,20-22H2,1-5H3,(H2,54,55,56)(H2,47,48,52,53). The first-order chi connectivity index (χ1) is 27.7. The van der Waals surface area contributed by atoms with Crippen LogP contribution < -0.4 is 15.2 Å². The molecule has 59 heavy (non-hydrogen) atoms. The molecule has 0 spiro atoms. The lowest BCUT2D eigenvalue weighted by molar-refractivity contribution is -0.137. The molecule has 1 aliphatic rings. The molecule has 0 radical (unpaired) electrons. The lowest BCUT2D eigenvalue weighted by Gasteiger charge is -2.32. The smallest absolute Gasteiger partial charge is 0.444 e. The van der Waals surface area contributed by atoms with Crippen LogP contribution >= 0.6 is 7.82 Å². The average molecular weight is 842 g/mol. The number of amides is 3. The van der Waals surface area contributed by atoms with Gasteiger partial charge in [0.25, 0.3) is 0 Å². The third kappa shape index (κ3) is 9.33. The number of aryl methyl sites for hydroxylation is 3. The predicted molar refractivity (Wildman–Crippen MR) is 208 cm³/mol. The molecule has 0 unspecified atom stereocenters. The number of phosphoric acid groups is 1. The monoisotopic (exact) mass is 841 g/mol. The summed E-state index contributed by atoms with van der Waals surface area (Å²) in [5, 5.41) is 9.06. The number of urea groups is 1. The van der Waals surface area contributed by atoms with E-state index in [9.17, 15) is 27.3 Å². The Morgan fingerprint density at radius 3 is 2.19 bits per heavy atom. The van der Waals surface area contributed by atoms with E-state index < -0.39 is 54.5 Å². The topological polar surface area (TPSA) is 155 Å². The van der Waals surface area contributed by atoms with Crippen LogP contribution in [0.2, 0.25) is 0 Å². The Labute approximate surface area is 336 Å². The molecule has 4 aromatic carbocycles. The van der Waals surface area contributed by atoms with Crippen LogP contribution in [0.1, 0.15) is 72.3 Å². The summed E-state index contributed by atoms with van der Waals surface area (Å²) < 4.78 is 94.8. The van der Waals surface area contributed by atoms with Gasteiger partial charge in [-0.25, -0.2) is 32.9 Å². The summed E-state index contributed by atoms with van der Waals surface area (Å²) in [5.74, 6) is -2.08. The number of anilines is 1. The molecular weight excluding hydrogens is 800 g/mol. The highest BCUT2D eigenvalue weighted by Gasteiger charge is 2.44. The van der Waals surface area contributed by atoms with Gasteiger partial charge in [-0.1, -0.05) is 50.2 Å². The van der Waals surface area contributed by atoms with Crippen molar-refractivity contribution in [1.29, 1.82) is 0 Å². The molecule has 312 valence electrons. The largest absolute Gasteiger partial charge is 0.524 e. The molecule has 5 aromatic rings. The summed E-state index contributed by atoms with van der Waals surface area (Å²) in [5.41, 5.74) is 3.18. The molecule has 4 N–H and O–H groups in total. The van der Waals surface area contributed by atoms with Crippen LogP contribution in [0, 0.1) is 18.6 Å². The summed E-state index contributed by atoms with van der Waals surface area (Å²) in [6, 6.07) is 15.1. The van der Waals surface area contributed by atoms with E-state index in [1.165, 1.54) is 30.3 Å². The van der Waals surface area contributed by atoms with Gasteiger partial charge in [-0.3, -0.25) is 14.7 Å². The summed E-state index contributed by atoms with van der Waals surface area (Å²) in [6.07, 6.45) is -4.51. The molecule has 1 aliphatic heterocycles. The van der Waals surface area contributed by atoms with Crippen molar-refractivity contribution in [3.8, 4) is 22.7 Å². The van der Waals surface area contributed by atoms with E-state index in [4.69, 9.17) is 19.6 Å². The Kier molecular flexibility index (Phi) is 12.1. The van der Waals surface area contributed by atoms with Crippen LogP contribution in [0.5, 0.6) is 5.75 Å². The van der Waals surface area contributed by atoms with Crippen LogP contribution in [0.15, 0.2) is 72.8 Å². The van der Waals surface area contributed by atoms with E-state index in [0.717, 1.165) is 35.4 Å². The van der Waals surface area contributed by atoms with Crippen molar-refractivity contribution in [2.45, 2.75) is 78.9 Å². The Balaban J connectivity index is 1.28. The van der Waals surface area contributed by atoms with Gasteiger partial charge in [-0.15, -0.1) is 0 Å². The quantitative estimate of drug-likeness (QED) is 0.0752. The van der Waals surface area contributed by atoms with E-state index >= 15 is 8.78 Å². The Morgan fingerprint density at radius 1 is 0.932 bits per heavy atom. The molecule has 0 saturated heterocycles. The molecule has 0 saturated carbocycles. The molecule has 1 aromatic heterocycles. The van der Waals surface area contributed by atoms with Gasteiger partial charge in [-0.05, 0) is 91.8 Å². The third-order valence-corrected chi connectivity index (χ3v) is 10.7. The summed E-state index contributed by atoms with van der Waals surface area (Å²) in [6.45, 7) is 9.48. The van der Waals surface area contributed by atoms with Crippen molar-refractivity contribution in [2.75, 3.05) is 5.32 Å². The van der Waals surface area contributed by atoms with Gasteiger partial charge in [0.15, 0.2) is 0 Å². The van der Waals surface area contributed by atoms with Crippen molar-refractivity contribution in [1.82, 2.24) is 20.0 Å². The van der Waals surface area contributed by atoms with Crippen LogP contribution in [0.3, 0.4) is 0 Å². The lowest BCUT2D eigenvalue weighted by Crippen LogP contribution is -2.36. The molecule has 0 fully saturated rings. The van der Waals surface area contributed by atoms with E-state index in [0.29, 0.717) is 46.5 Å². The van der Waals surface area contributed by atoms with Gasteiger partial charge in [0.1, 0.15) is 24.0 Å². The number of benzene rings is 4. The third-order valence-electron chi connectivity index (χ3n) is 10.2. The second kappa shape index (κ2) is 16.6. The second-order valence-electron chi connectivity index (χ2n) is 14.5. The minimum absolute atomic E-state index is 0.130. The Hall–Kier alpha value is -5.61. The number of alkyl carbamates (subject to hydrolysis) is 1. The SMILES string of the molecule is CCc1cccc(CC)c1-n1nc2c(c1-c1cc(F)c(NC(=O)NC(=O)OCc3ccc(OP(=O)(O)O)cc3)cc1F)CN(Cc1ccc(C(F)(F)F)cc1C)C2(C)C. The van der Waals surface area contributed by atoms with Crippen LogP contribution in [0.4, 0.5) is 37.2 Å². The maximum atomic E-state index is 16.5. The summed E-state index contributed by atoms with van der Waals surface area (Å²) in [7, 11) is -4.77. The highest BCUT2D eigenvalue weighted by molar-refractivity contribution is 7.46. The number of halogens is 5. The number of ether oxygens (including phenoxy) is 1. The number of nitrogens with zero attached hydrogens (tertiary/aromatic N) is 3. The number of imide groups is 1. The molecular formula is C41H41F5N5O7P. The summed E-state index contributed by atoms with van der Waals surface area (Å²) >= 11 is 0. The van der Waals surface area contributed by atoms with Crippen molar-refractivity contribution in [3.63, 3.8) is 0 Å². The van der Waals surface area contributed by atoms with Gasteiger partial charge >= 0.3 is 26.1 Å². The van der Waals surface area contributed by atoms with Crippen LogP contribution in [-0.2, 0) is 53.6 Å². The van der Waals surface area contributed by atoms with E-state index in [-0.39, 0.29) is 36.7 Å². The average Bonchev–Trinajstić information content (AvgIpc) is 3.64. The minimum atomic E-state index is -4.77. The number of fused-ring (bicyclic) bond motifs is 1. The zero-order valence-electron chi connectivity index (χ0n) is 32.6. The maximum absolute atomic E-state index is 16.5. The zero-order valence-corrected chi connectivity index (χ0v) is 33.5. The van der Waals surface area contributed by atoms with Gasteiger partial charge in [0.05, 0.1) is 33.9 Å². The molecule has 0 atom stereocenters. The number of carbonyl (C=O) groups excluding carboxylic acids is 2. The number of alkyl halides is 3. The number of nitrogens with one attached hydrogen (secondary N) is 2. The normalized spacial score (nSPS) is 13.9. The highest BCUT2D eigenvalue weighted by atomic mass is 31.2. The lowest BCUT2D eigenvalue weighted by atomic mass is 9.97. The predicted octanol–water partition coefficient (Wildman–Crippen LogP) is 9.45. The van der Waals surface area contributed by atoms with Crippen molar-refractivity contribution >= 4 is 25.6 Å². The fourth-order valence-electron chi connectivity index (χ4n) is 7.10. The van der Waals surface area contributed by atoms with E-state index in [1.807, 2.05) is 56.1 Å². The fraction of sp³-hybridized carbons (Fsp3) is 0.293. The molecule has 0 bridgehead atoms. The van der Waals surface area contributed by atoms with E-state index in [1.54, 1.807) is 11.6 Å². The second-order valence-corrected chi connectivity index (χ2v) is 15.6. The van der Waals surface area contributed by atoms with Crippen LogP contribution in [0.25, 0.3) is 16.9 Å². The first-order valence-corrected chi connectivity index (χ1v) is 20.0. The number of phosphoric ester groups is 1. The molecule has 0 aliphatic carbocycles. The van der Waals surface area contributed by atoms with Crippen molar-refractivity contribution < 1.29 is 55.2 Å². The van der Waals surface area contributed by atoms with Gasteiger partial charge < -0.3 is 14.6 Å². The van der Waals surface area contributed by atoms with Gasteiger partial charge in [0, 0.05) is 30.3 Å². The molecule has 12 nitrogen and oxygen atoms in total. The van der Waals surface area contributed by atoms with Gasteiger partial charge in [-0.2, -0.15) is 18.3 Å². The molecule has 6 rings (SSSR count). The van der Waals surface area contributed by atoms with Crippen molar-refractivity contribution in [3.05, 3.63) is 129 Å². The fourth-order valence-corrected chi connectivity index (χ4v) is 7.50. The molecule has 18 heteroatoms. The minimum Gasteiger partial charge on any atom is -0.444 e. The number of carbonyl (C=O) groups is 2.